The van der Waals surface area contributed by atoms with Crippen LogP contribution in [-0.4, -0.2) is 34.0 Å². The number of rotatable bonds is 3. The molecule has 5 nitrogen and oxygen atoms in total. The number of aromatic nitrogens is 2. The van der Waals surface area contributed by atoms with Crippen molar-refractivity contribution in [3.05, 3.63) is 59.4 Å². The monoisotopic (exact) mass is 370 g/mol. The minimum Gasteiger partial charge on any atom is -0.326 e. The molecule has 1 N–H and O–H groups in total. The van der Waals surface area contributed by atoms with Gasteiger partial charge >= 0.3 is 11.8 Å². The number of nitrogens with zero attached hydrogens (tertiary/aromatic N) is 3. The Morgan fingerprint density at radius 3 is 2.70 bits per heavy atom. The number of carbonyl (C=O) groups excluding carboxylic acids is 1. The van der Waals surface area contributed by atoms with Gasteiger partial charge in [0.05, 0.1) is 11.0 Å². The average Bonchev–Trinajstić information content (AvgIpc) is 2.99. The number of halogens is 2. The number of nitrogens with one attached hydrogen (secondary N) is 1. The van der Waals surface area contributed by atoms with Crippen molar-refractivity contribution in [2.24, 2.45) is 7.05 Å². The second-order valence-electron chi connectivity index (χ2n) is 6.98. The number of anilines is 1. The molecule has 0 bridgehead atoms. The van der Waals surface area contributed by atoms with E-state index in [1.165, 1.54) is 17.2 Å². The molecule has 0 aliphatic carbocycles. The van der Waals surface area contributed by atoms with E-state index in [2.05, 4.69) is 15.2 Å². The topological polar surface area (TPSA) is 50.2 Å². The van der Waals surface area contributed by atoms with Crippen molar-refractivity contribution in [2.75, 3.05) is 18.9 Å². The van der Waals surface area contributed by atoms with Gasteiger partial charge in [-0.2, -0.15) is 8.78 Å². The fraction of sp³-hybridized carbons (Fsp3) is 0.300. The molecule has 2 heterocycles. The van der Waals surface area contributed by atoms with Gasteiger partial charge in [0.2, 0.25) is 0 Å². The Morgan fingerprint density at radius 1 is 1.15 bits per heavy atom. The normalized spacial score (nSPS) is 15.0. The zero-order valence-corrected chi connectivity index (χ0v) is 15.2. The number of hydrogen-bond acceptors (Lipinski definition) is 3. The van der Waals surface area contributed by atoms with Crippen molar-refractivity contribution in [2.45, 2.75) is 18.9 Å². The lowest BCUT2D eigenvalue weighted by Gasteiger charge is -2.25. The van der Waals surface area contributed by atoms with Gasteiger partial charge in [0.25, 0.3) is 0 Å². The second-order valence-corrected chi connectivity index (χ2v) is 6.98. The van der Waals surface area contributed by atoms with Gasteiger partial charge in [-0.25, -0.2) is 4.98 Å². The van der Waals surface area contributed by atoms with Crippen molar-refractivity contribution in [1.82, 2.24) is 14.5 Å². The van der Waals surface area contributed by atoms with Crippen molar-refractivity contribution >= 4 is 22.6 Å². The molecule has 0 fully saturated rings. The number of likely N-dealkylation sites (N-methyl/N-ethyl adjacent to an activating group) is 1. The number of para-hydroxylation sites is 2. The molecule has 27 heavy (non-hydrogen) atoms. The molecule has 140 valence electrons. The second kappa shape index (κ2) is 6.42. The van der Waals surface area contributed by atoms with E-state index >= 15 is 0 Å². The number of amides is 1. The summed E-state index contributed by atoms with van der Waals surface area (Å²) in [4.78, 5) is 18.5. The smallest absolute Gasteiger partial charge is 0.326 e. The molecule has 0 spiro atoms. The number of alkyl halides is 2. The maximum Gasteiger partial charge on any atom is 0.381 e. The van der Waals surface area contributed by atoms with Gasteiger partial charge in [0.15, 0.2) is 5.82 Å². The third kappa shape index (κ3) is 3.08. The zero-order valence-electron chi connectivity index (χ0n) is 15.2. The van der Waals surface area contributed by atoms with Gasteiger partial charge in [-0.15, -0.1) is 0 Å². The third-order valence-electron chi connectivity index (χ3n) is 5.02. The van der Waals surface area contributed by atoms with Crippen LogP contribution >= 0.6 is 0 Å². The Morgan fingerprint density at radius 2 is 1.93 bits per heavy atom. The van der Waals surface area contributed by atoms with Crippen LogP contribution < -0.4 is 5.32 Å². The molecular formula is C20H20F2N4O. The highest BCUT2D eigenvalue weighted by molar-refractivity contribution is 5.97. The molecule has 0 radical (unpaired) electrons. The average molecular weight is 370 g/mol. The summed E-state index contributed by atoms with van der Waals surface area (Å²) in [5.41, 5.74) is 3.59. The van der Waals surface area contributed by atoms with E-state index in [0.717, 1.165) is 25.1 Å². The van der Waals surface area contributed by atoms with Crippen LogP contribution in [0.5, 0.6) is 0 Å². The van der Waals surface area contributed by atoms with Crippen LogP contribution in [0, 0.1) is 0 Å². The number of aryl methyl sites for hydroxylation is 1. The summed E-state index contributed by atoms with van der Waals surface area (Å²) in [6.45, 7) is 1.70. The van der Waals surface area contributed by atoms with Crippen molar-refractivity contribution in [1.29, 1.82) is 0 Å². The van der Waals surface area contributed by atoms with Gasteiger partial charge in [-0.05, 0) is 48.9 Å². The van der Waals surface area contributed by atoms with Gasteiger partial charge in [-0.3, -0.25) is 4.79 Å². The summed E-state index contributed by atoms with van der Waals surface area (Å²) < 4.78 is 30.9. The van der Waals surface area contributed by atoms with Gasteiger partial charge in [-0.1, -0.05) is 18.2 Å². The number of fused-ring (bicyclic) bond motifs is 2. The highest BCUT2D eigenvalue weighted by Crippen LogP contribution is 2.31. The van der Waals surface area contributed by atoms with E-state index in [0.29, 0.717) is 16.7 Å². The van der Waals surface area contributed by atoms with Gasteiger partial charge in [0, 0.05) is 25.8 Å². The standard InChI is InChI=1S/C20H20F2N4O/c1-25-10-9-13-7-8-15(11-14(13)12-25)23-19(27)20(21,22)18-24-16-5-3-4-6-17(16)26(18)2/h3-8,11H,9-10,12H2,1-2H3,(H,23,27). The Labute approximate surface area is 155 Å². The predicted molar refractivity (Wildman–Crippen MR) is 99.7 cm³/mol. The van der Waals surface area contributed by atoms with Crippen molar-refractivity contribution < 1.29 is 13.6 Å². The maximum atomic E-state index is 14.8. The molecular weight excluding hydrogens is 350 g/mol. The van der Waals surface area contributed by atoms with Crippen LogP contribution in [0.1, 0.15) is 17.0 Å². The molecule has 7 heteroatoms. The molecule has 1 aliphatic rings. The van der Waals surface area contributed by atoms with Crippen LogP contribution in [0.4, 0.5) is 14.5 Å². The van der Waals surface area contributed by atoms with Crippen molar-refractivity contribution in [3.63, 3.8) is 0 Å². The van der Waals surface area contributed by atoms with Crippen LogP contribution in [0.15, 0.2) is 42.5 Å². The van der Waals surface area contributed by atoms with E-state index in [1.54, 1.807) is 36.4 Å². The van der Waals surface area contributed by atoms with Crippen LogP contribution in [0.2, 0.25) is 0 Å². The van der Waals surface area contributed by atoms with E-state index in [4.69, 9.17) is 0 Å². The molecule has 1 aliphatic heterocycles. The minimum atomic E-state index is -3.75. The third-order valence-corrected chi connectivity index (χ3v) is 5.02. The fourth-order valence-corrected chi connectivity index (χ4v) is 3.51. The van der Waals surface area contributed by atoms with Crippen LogP contribution in [-0.2, 0) is 30.7 Å². The predicted octanol–water partition coefficient (Wildman–Crippen LogP) is 3.29. The summed E-state index contributed by atoms with van der Waals surface area (Å²) in [5.74, 6) is -5.70. The van der Waals surface area contributed by atoms with E-state index in [-0.39, 0.29) is 0 Å². The summed E-state index contributed by atoms with van der Waals surface area (Å²) in [5, 5.41) is 2.36. The zero-order chi connectivity index (χ0) is 19.2. The molecule has 0 atom stereocenters. The first-order chi connectivity index (χ1) is 12.9. The van der Waals surface area contributed by atoms with E-state index in [1.807, 2.05) is 13.1 Å². The molecule has 4 rings (SSSR count). The lowest BCUT2D eigenvalue weighted by atomic mass is 9.99. The molecule has 1 aromatic heterocycles. The molecule has 2 aromatic carbocycles. The molecule has 0 saturated heterocycles. The maximum absolute atomic E-state index is 14.8. The minimum absolute atomic E-state index is 0.368. The van der Waals surface area contributed by atoms with Gasteiger partial charge < -0.3 is 14.8 Å². The number of carbonyl (C=O) groups is 1. The summed E-state index contributed by atoms with van der Waals surface area (Å²) in [7, 11) is 3.49. The highest BCUT2D eigenvalue weighted by Gasteiger charge is 2.45. The summed E-state index contributed by atoms with van der Waals surface area (Å²) in [6.07, 6.45) is 0.913. The lowest BCUT2D eigenvalue weighted by Crippen LogP contribution is -2.35. The Balaban J connectivity index is 1.62. The highest BCUT2D eigenvalue weighted by atomic mass is 19.3. The largest absolute Gasteiger partial charge is 0.381 e. The number of benzene rings is 2. The van der Waals surface area contributed by atoms with Gasteiger partial charge in [0.1, 0.15) is 0 Å². The Kier molecular flexibility index (Phi) is 4.19. The first kappa shape index (κ1) is 17.6. The van der Waals surface area contributed by atoms with Crippen molar-refractivity contribution in [3.8, 4) is 0 Å². The van der Waals surface area contributed by atoms with E-state index < -0.39 is 17.7 Å². The number of hydrogen-bond donors (Lipinski definition) is 1. The first-order valence-electron chi connectivity index (χ1n) is 8.78. The quantitative estimate of drug-likeness (QED) is 0.770. The SMILES string of the molecule is CN1CCc2ccc(NC(=O)C(F)(F)c3nc4ccccc4n3C)cc2C1. The lowest BCUT2D eigenvalue weighted by molar-refractivity contribution is -0.142. The molecule has 3 aromatic rings. The summed E-state index contributed by atoms with van der Waals surface area (Å²) >= 11 is 0. The summed E-state index contributed by atoms with van der Waals surface area (Å²) in [6, 6.07) is 12.1. The number of imidazole rings is 1. The Hall–Kier alpha value is -2.80. The van der Waals surface area contributed by atoms with Crippen LogP contribution in [0.3, 0.4) is 0 Å². The molecule has 0 saturated carbocycles. The molecule has 0 unspecified atom stereocenters. The van der Waals surface area contributed by atoms with Crippen LogP contribution in [0.25, 0.3) is 11.0 Å². The fourth-order valence-electron chi connectivity index (χ4n) is 3.51. The first-order valence-corrected chi connectivity index (χ1v) is 8.78. The Bertz CT molecular complexity index is 1030. The molecule has 1 amide bonds. The van der Waals surface area contributed by atoms with E-state index in [9.17, 15) is 13.6 Å².